The zero-order valence-electron chi connectivity index (χ0n) is 8.85. The van der Waals surface area contributed by atoms with E-state index in [4.69, 9.17) is 10.8 Å². The Hall–Kier alpha value is -0.460. The Bertz CT molecular complexity index is 243. The first kappa shape index (κ1) is 17.0. The number of thiol groups is 1. The molecule has 0 aromatic carbocycles. The van der Waals surface area contributed by atoms with E-state index in [0.717, 1.165) is 0 Å². The predicted octanol–water partition coefficient (Wildman–Crippen LogP) is 0.0332. The number of hydrogen-bond donors (Lipinski definition) is 4. The minimum absolute atomic E-state index is 0. The normalized spacial score (nSPS) is 14.7. The van der Waals surface area contributed by atoms with Crippen LogP contribution in [0.5, 0.6) is 0 Å². The molecule has 90 valence electrons. The molecule has 0 heterocycles. The van der Waals surface area contributed by atoms with Gasteiger partial charge in [0.15, 0.2) is 0 Å². The van der Waals surface area contributed by atoms with Crippen molar-refractivity contribution in [2.24, 2.45) is 5.73 Å². The van der Waals surface area contributed by atoms with Gasteiger partial charge in [-0.15, -0.1) is 12.4 Å². The second-order valence-corrected chi connectivity index (χ2v) is 4.85. The molecule has 1 amide bonds. The number of carbonyl (C=O) groups excluding carboxylic acids is 1. The molecule has 0 aliphatic rings. The summed E-state index contributed by atoms with van der Waals surface area (Å²) in [5.41, 5.74) is 5.56. The third kappa shape index (κ3) is 5.86. The lowest BCUT2D eigenvalue weighted by atomic mass is 10.0. The summed E-state index contributed by atoms with van der Waals surface area (Å²) < 4.78 is -0.678. The second-order valence-electron chi connectivity index (χ2n) is 3.70. The van der Waals surface area contributed by atoms with Crippen molar-refractivity contribution in [1.29, 1.82) is 0 Å². The minimum Gasteiger partial charge on any atom is -0.480 e. The van der Waals surface area contributed by atoms with Crippen LogP contribution in [0.15, 0.2) is 0 Å². The summed E-state index contributed by atoms with van der Waals surface area (Å²) in [6.07, 6.45) is 0. The fourth-order valence-corrected chi connectivity index (χ4v) is 0.803. The van der Waals surface area contributed by atoms with E-state index in [1.807, 2.05) is 0 Å². The zero-order chi connectivity index (χ0) is 11.5. The number of amides is 1. The molecule has 0 aromatic heterocycles. The van der Waals surface area contributed by atoms with Crippen LogP contribution in [0.2, 0.25) is 0 Å². The molecular formula is C8H17ClN2O3S. The predicted molar refractivity (Wildman–Crippen MR) is 63.5 cm³/mol. The molecule has 0 saturated carbocycles. The summed E-state index contributed by atoms with van der Waals surface area (Å²) in [7, 11) is 0. The highest BCUT2D eigenvalue weighted by atomic mass is 35.5. The van der Waals surface area contributed by atoms with Crippen LogP contribution in [0.4, 0.5) is 0 Å². The van der Waals surface area contributed by atoms with Crippen molar-refractivity contribution >= 4 is 36.9 Å². The van der Waals surface area contributed by atoms with Gasteiger partial charge in [0.25, 0.3) is 0 Å². The second kappa shape index (κ2) is 6.19. The molecule has 4 N–H and O–H groups in total. The molecule has 0 unspecified atom stereocenters. The smallest absolute Gasteiger partial charge is 0.325 e. The van der Waals surface area contributed by atoms with Gasteiger partial charge in [-0.2, -0.15) is 12.6 Å². The standard InChI is InChI=1S/C8H16N2O3S.ClH/c1-4(7(12)13)10-6(11)5(9)8(2,3)14;/h4-5,14H,9H2,1-3H3,(H,10,11)(H,12,13);1H/t4-,5-;/m0./s1. The van der Waals surface area contributed by atoms with E-state index in [-0.39, 0.29) is 12.4 Å². The maximum absolute atomic E-state index is 11.4. The van der Waals surface area contributed by atoms with Crippen molar-refractivity contribution < 1.29 is 14.7 Å². The van der Waals surface area contributed by atoms with Crippen molar-refractivity contribution in [3.05, 3.63) is 0 Å². The number of rotatable bonds is 4. The molecule has 5 nitrogen and oxygen atoms in total. The van der Waals surface area contributed by atoms with Crippen molar-refractivity contribution in [3.8, 4) is 0 Å². The summed E-state index contributed by atoms with van der Waals surface area (Å²) in [5, 5.41) is 10.8. The Labute approximate surface area is 101 Å². The summed E-state index contributed by atoms with van der Waals surface area (Å²) in [4.78, 5) is 21.8. The van der Waals surface area contributed by atoms with E-state index in [9.17, 15) is 9.59 Å². The van der Waals surface area contributed by atoms with Gasteiger partial charge in [-0.3, -0.25) is 9.59 Å². The fraction of sp³-hybridized carbons (Fsp3) is 0.750. The summed E-state index contributed by atoms with van der Waals surface area (Å²) in [6, 6.07) is -1.78. The zero-order valence-corrected chi connectivity index (χ0v) is 10.6. The number of halogens is 1. The Balaban J connectivity index is 0. The van der Waals surface area contributed by atoms with Crippen LogP contribution in [0.1, 0.15) is 20.8 Å². The van der Waals surface area contributed by atoms with Crippen molar-refractivity contribution in [2.75, 3.05) is 0 Å². The molecule has 0 aliphatic heterocycles. The van der Waals surface area contributed by atoms with Crippen molar-refractivity contribution in [1.82, 2.24) is 5.32 Å². The van der Waals surface area contributed by atoms with Crippen LogP contribution >= 0.6 is 25.0 Å². The summed E-state index contributed by atoms with van der Waals surface area (Å²) in [5.74, 6) is -1.61. The number of nitrogens with two attached hydrogens (primary N) is 1. The third-order valence-electron chi connectivity index (χ3n) is 1.77. The molecule has 7 heteroatoms. The minimum atomic E-state index is -1.09. The number of carbonyl (C=O) groups is 2. The van der Waals surface area contributed by atoms with Gasteiger partial charge in [0.05, 0.1) is 6.04 Å². The molecule has 0 rings (SSSR count). The lowest BCUT2D eigenvalue weighted by Gasteiger charge is -2.25. The van der Waals surface area contributed by atoms with E-state index < -0.39 is 28.7 Å². The van der Waals surface area contributed by atoms with Gasteiger partial charge in [0.2, 0.25) is 5.91 Å². The molecule has 2 atom stereocenters. The van der Waals surface area contributed by atoms with Crippen molar-refractivity contribution in [3.63, 3.8) is 0 Å². The van der Waals surface area contributed by atoms with Crippen LogP contribution < -0.4 is 11.1 Å². The Morgan fingerprint density at radius 3 is 2.13 bits per heavy atom. The monoisotopic (exact) mass is 256 g/mol. The van der Waals surface area contributed by atoms with Crippen LogP contribution in [-0.2, 0) is 9.59 Å². The van der Waals surface area contributed by atoms with Gasteiger partial charge >= 0.3 is 5.97 Å². The van der Waals surface area contributed by atoms with Crippen LogP contribution in [0, 0.1) is 0 Å². The average molecular weight is 257 g/mol. The molecule has 0 bridgehead atoms. The van der Waals surface area contributed by atoms with Crippen LogP contribution in [0.3, 0.4) is 0 Å². The van der Waals surface area contributed by atoms with E-state index in [2.05, 4.69) is 17.9 Å². The average Bonchev–Trinajstić information content (AvgIpc) is 2.00. The number of nitrogens with one attached hydrogen (secondary N) is 1. The first-order valence-electron chi connectivity index (χ1n) is 4.17. The number of carboxylic acids is 1. The van der Waals surface area contributed by atoms with Gasteiger partial charge in [-0.1, -0.05) is 0 Å². The highest BCUT2D eigenvalue weighted by Gasteiger charge is 2.30. The molecule has 0 spiro atoms. The Morgan fingerprint density at radius 2 is 1.87 bits per heavy atom. The molecule has 15 heavy (non-hydrogen) atoms. The number of hydrogen-bond acceptors (Lipinski definition) is 4. The fourth-order valence-electron chi connectivity index (χ4n) is 0.686. The molecule has 0 aromatic rings. The first-order valence-corrected chi connectivity index (χ1v) is 4.62. The van der Waals surface area contributed by atoms with E-state index in [1.54, 1.807) is 13.8 Å². The lowest BCUT2D eigenvalue weighted by molar-refractivity contribution is -0.141. The van der Waals surface area contributed by atoms with Gasteiger partial charge in [0, 0.05) is 4.75 Å². The SMILES string of the molecule is C[C@H](NC(=O)[C@H](N)C(C)(C)S)C(=O)O.Cl. The van der Waals surface area contributed by atoms with Crippen LogP contribution in [0.25, 0.3) is 0 Å². The number of aliphatic carboxylic acids is 1. The quantitative estimate of drug-likeness (QED) is 0.534. The van der Waals surface area contributed by atoms with Gasteiger partial charge in [-0.05, 0) is 20.8 Å². The highest BCUT2D eigenvalue weighted by Crippen LogP contribution is 2.15. The highest BCUT2D eigenvalue weighted by molar-refractivity contribution is 7.81. The molecule has 0 fully saturated rings. The maximum atomic E-state index is 11.4. The summed E-state index contributed by atoms with van der Waals surface area (Å²) in [6.45, 7) is 4.75. The lowest BCUT2D eigenvalue weighted by Crippen LogP contribution is -2.54. The van der Waals surface area contributed by atoms with Gasteiger partial charge < -0.3 is 16.2 Å². The van der Waals surface area contributed by atoms with E-state index in [1.165, 1.54) is 6.92 Å². The van der Waals surface area contributed by atoms with Crippen molar-refractivity contribution in [2.45, 2.75) is 37.6 Å². The third-order valence-corrected chi connectivity index (χ3v) is 2.05. The molecule has 0 aliphatic carbocycles. The molecule has 0 saturated heterocycles. The molecular weight excluding hydrogens is 240 g/mol. The largest absolute Gasteiger partial charge is 0.480 e. The van der Waals surface area contributed by atoms with Gasteiger partial charge in [-0.25, -0.2) is 0 Å². The van der Waals surface area contributed by atoms with E-state index in [0.29, 0.717) is 0 Å². The Kier molecular flexibility index (Phi) is 7.00. The summed E-state index contributed by atoms with van der Waals surface area (Å²) >= 11 is 4.13. The topological polar surface area (TPSA) is 92.4 Å². The molecule has 0 radical (unpaired) electrons. The van der Waals surface area contributed by atoms with Gasteiger partial charge in [0.1, 0.15) is 6.04 Å². The Morgan fingerprint density at radius 1 is 1.47 bits per heavy atom. The van der Waals surface area contributed by atoms with E-state index >= 15 is 0 Å². The van der Waals surface area contributed by atoms with Crippen LogP contribution in [-0.4, -0.2) is 33.8 Å². The first-order chi connectivity index (χ1) is 6.16. The number of carboxylic acid groups (broad SMARTS) is 1. The maximum Gasteiger partial charge on any atom is 0.325 e.